The molecule has 0 radical (unpaired) electrons. The average molecular weight is 362 g/mol. The van der Waals surface area contributed by atoms with Crippen LogP contribution in [-0.4, -0.2) is 9.97 Å². The van der Waals surface area contributed by atoms with E-state index in [0.29, 0.717) is 21.1 Å². The number of aryl methyl sites for hydroxylation is 1. The van der Waals surface area contributed by atoms with Crippen LogP contribution in [0.4, 0.5) is 4.39 Å². The van der Waals surface area contributed by atoms with E-state index in [1.807, 2.05) is 0 Å². The number of aromatic amines is 1. The zero-order valence-electron chi connectivity index (χ0n) is 10.1. The number of hydrogen-bond donors (Lipinski definition) is 1. The molecule has 1 N–H and O–H groups in total. The standard InChI is InChI=1S/C13H11BrClFN2S/c1-2-3-10-11(14)13(19)18-12(17-10)8-5-4-7(16)6-9(8)15/h4-6H,2-3H2,1H3,(H,17,18,19). The summed E-state index contributed by atoms with van der Waals surface area (Å²) in [6.07, 6.45) is 1.82. The lowest BCUT2D eigenvalue weighted by atomic mass is 10.2. The van der Waals surface area contributed by atoms with E-state index in [-0.39, 0.29) is 5.82 Å². The summed E-state index contributed by atoms with van der Waals surface area (Å²) < 4.78 is 14.3. The van der Waals surface area contributed by atoms with Gasteiger partial charge in [-0.05, 0) is 40.5 Å². The van der Waals surface area contributed by atoms with E-state index in [1.165, 1.54) is 12.1 Å². The fourth-order valence-corrected chi connectivity index (χ4v) is 2.59. The van der Waals surface area contributed by atoms with Crippen molar-refractivity contribution in [3.05, 3.63) is 43.8 Å². The molecule has 2 aromatic rings. The number of benzene rings is 1. The molecule has 1 aromatic carbocycles. The van der Waals surface area contributed by atoms with Crippen LogP contribution in [0.25, 0.3) is 11.4 Å². The van der Waals surface area contributed by atoms with Gasteiger partial charge in [-0.1, -0.05) is 37.2 Å². The van der Waals surface area contributed by atoms with Crippen LogP contribution in [-0.2, 0) is 6.42 Å². The molecule has 2 nitrogen and oxygen atoms in total. The Morgan fingerprint density at radius 1 is 1.47 bits per heavy atom. The molecule has 0 aliphatic carbocycles. The molecule has 0 bridgehead atoms. The van der Waals surface area contributed by atoms with Crippen LogP contribution in [0.1, 0.15) is 19.0 Å². The first kappa shape index (κ1) is 14.6. The number of rotatable bonds is 3. The van der Waals surface area contributed by atoms with Gasteiger partial charge in [0.25, 0.3) is 0 Å². The van der Waals surface area contributed by atoms with Crippen molar-refractivity contribution < 1.29 is 4.39 Å². The van der Waals surface area contributed by atoms with Crippen LogP contribution in [0, 0.1) is 10.5 Å². The molecule has 0 fully saturated rings. The van der Waals surface area contributed by atoms with Crippen molar-refractivity contribution in [1.29, 1.82) is 0 Å². The normalized spacial score (nSPS) is 10.7. The van der Waals surface area contributed by atoms with E-state index < -0.39 is 0 Å². The molecule has 100 valence electrons. The highest BCUT2D eigenvalue weighted by Crippen LogP contribution is 2.28. The number of nitrogens with one attached hydrogen (secondary N) is 1. The molecule has 1 heterocycles. The quantitative estimate of drug-likeness (QED) is 0.750. The van der Waals surface area contributed by atoms with E-state index in [9.17, 15) is 4.39 Å². The maximum Gasteiger partial charge on any atom is 0.144 e. The zero-order valence-corrected chi connectivity index (χ0v) is 13.3. The van der Waals surface area contributed by atoms with Gasteiger partial charge in [0.15, 0.2) is 0 Å². The monoisotopic (exact) mass is 360 g/mol. The Balaban J connectivity index is 2.59. The van der Waals surface area contributed by atoms with E-state index in [0.717, 1.165) is 23.0 Å². The molecule has 19 heavy (non-hydrogen) atoms. The molecule has 0 spiro atoms. The smallest absolute Gasteiger partial charge is 0.144 e. The van der Waals surface area contributed by atoms with Gasteiger partial charge in [-0.15, -0.1) is 0 Å². The SMILES string of the molecule is CCCc1[nH]c(-c2ccc(F)cc2Cl)nc(=S)c1Br. The molecule has 0 saturated carbocycles. The van der Waals surface area contributed by atoms with Crippen molar-refractivity contribution in [3.63, 3.8) is 0 Å². The molecule has 6 heteroatoms. The molecule has 1 aromatic heterocycles. The summed E-state index contributed by atoms with van der Waals surface area (Å²) in [5.74, 6) is 0.180. The first-order valence-electron chi connectivity index (χ1n) is 5.77. The number of nitrogens with zero attached hydrogens (tertiary/aromatic N) is 1. The number of halogens is 3. The Hall–Kier alpha value is -0.780. The fourth-order valence-electron chi connectivity index (χ4n) is 1.74. The number of aromatic nitrogens is 2. The largest absolute Gasteiger partial charge is 0.342 e. The summed E-state index contributed by atoms with van der Waals surface area (Å²) in [5, 5.41) is 0.308. The van der Waals surface area contributed by atoms with Crippen molar-refractivity contribution >= 4 is 39.7 Å². The lowest BCUT2D eigenvalue weighted by Gasteiger charge is -2.09. The maximum atomic E-state index is 13.1. The Labute approximate surface area is 129 Å². The molecule has 0 atom stereocenters. The van der Waals surface area contributed by atoms with Crippen molar-refractivity contribution in [2.24, 2.45) is 0 Å². The van der Waals surface area contributed by atoms with Gasteiger partial charge in [0.2, 0.25) is 0 Å². The van der Waals surface area contributed by atoms with Crippen molar-refractivity contribution in [3.8, 4) is 11.4 Å². The predicted molar refractivity (Wildman–Crippen MR) is 81.5 cm³/mol. The van der Waals surface area contributed by atoms with Crippen LogP contribution in [0.2, 0.25) is 5.02 Å². The van der Waals surface area contributed by atoms with Crippen LogP contribution < -0.4 is 0 Å². The van der Waals surface area contributed by atoms with Gasteiger partial charge in [-0.25, -0.2) is 9.37 Å². The highest BCUT2D eigenvalue weighted by Gasteiger charge is 2.10. The van der Waals surface area contributed by atoms with E-state index in [4.69, 9.17) is 23.8 Å². The molecule has 0 saturated heterocycles. The summed E-state index contributed by atoms with van der Waals surface area (Å²) >= 11 is 14.7. The van der Waals surface area contributed by atoms with Gasteiger partial charge in [-0.3, -0.25) is 0 Å². The Kier molecular flexibility index (Phi) is 4.71. The van der Waals surface area contributed by atoms with Gasteiger partial charge < -0.3 is 4.98 Å². The molecule has 2 rings (SSSR count). The third-order valence-electron chi connectivity index (χ3n) is 2.62. The Morgan fingerprint density at radius 2 is 2.21 bits per heavy atom. The maximum absolute atomic E-state index is 13.1. The second-order valence-corrected chi connectivity index (χ2v) is 5.64. The minimum atomic E-state index is -0.377. The van der Waals surface area contributed by atoms with Crippen LogP contribution in [0.5, 0.6) is 0 Å². The van der Waals surface area contributed by atoms with Crippen LogP contribution in [0.3, 0.4) is 0 Å². The summed E-state index contributed by atoms with van der Waals surface area (Å²) in [6, 6.07) is 4.20. The van der Waals surface area contributed by atoms with Crippen molar-refractivity contribution in [2.75, 3.05) is 0 Å². The highest BCUT2D eigenvalue weighted by atomic mass is 79.9. The van der Waals surface area contributed by atoms with Gasteiger partial charge in [0.05, 0.1) is 9.50 Å². The van der Waals surface area contributed by atoms with Gasteiger partial charge in [-0.2, -0.15) is 0 Å². The molecule has 0 aliphatic heterocycles. The summed E-state index contributed by atoms with van der Waals surface area (Å²) in [6.45, 7) is 2.08. The molecule has 0 amide bonds. The fraction of sp³-hybridized carbons (Fsp3) is 0.231. The van der Waals surface area contributed by atoms with Gasteiger partial charge in [0.1, 0.15) is 16.3 Å². The average Bonchev–Trinajstić information content (AvgIpc) is 2.35. The van der Waals surface area contributed by atoms with Crippen LogP contribution >= 0.6 is 39.7 Å². The molecular weight excluding hydrogens is 351 g/mol. The third kappa shape index (κ3) is 3.22. The highest BCUT2D eigenvalue weighted by molar-refractivity contribution is 9.10. The zero-order chi connectivity index (χ0) is 14.0. The van der Waals surface area contributed by atoms with Crippen molar-refractivity contribution in [1.82, 2.24) is 9.97 Å². The van der Waals surface area contributed by atoms with E-state index in [2.05, 4.69) is 32.8 Å². The van der Waals surface area contributed by atoms with Gasteiger partial charge in [0, 0.05) is 11.3 Å². The minimum Gasteiger partial charge on any atom is -0.342 e. The lowest BCUT2D eigenvalue weighted by molar-refractivity contribution is 0.628. The first-order valence-corrected chi connectivity index (χ1v) is 7.35. The Bertz CT molecular complexity index is 672. The molecule has 0 aliphatic rings. The second-order valence-electron chi connectivity index (χ2n) is 4.06. The van der Waals surface area contributed by atoms with Crippen LogP contribution in [0.15, 0.2) is 22.7 Å². The van der Waals surface area contributed by atoms with Gasteiger partial charge >= 0.3 is 0 Å². The number of H-pyrrole nitrogens is 1. The molecule has 0 unspecified atom stereocenters. The topological polar surface area (TPSA) is 28.7 Å². The lowest BCUT2D eigenvalue weighted by Crippen LogP contribution is -1.99. The third-order valence-corrected chi connectivity index (χ3v) is 4.35. The van der Waals surface area contributed by atoms with E-state index in [1.54, 1.807) is 6.07 Å². The second kappa shape index (κ2) is 6.11. The molecular formula is C13H11BrClFN2S. The summed E-state index contributed by atoms with van der Waals surface area (Å²) in [4.78, 5) is 7.48. The minimum absolute atomic E-state index is 0.308. The number of hydrogen-bond acceptors (Lipinski definition) is 2. The van der Waals surface area contributed by atoms with Crippen molar-refractivity contribution in [2.45, 2.75) is 19.8 Å². The first-order chi connectivity index (χ1) is 9.02. The Morgan fingerprint density at radius 3 is 2.84 bits per heavy atom. The predicted octanol–water partition coefficient (Wildman–Crippen LogP) is 5.31. The van der Waals surface area contributed by atoms with E-state index >= 15 is 0 Å². The summed E-state index contributed by atoms with van der Waals surface area (Å²) in [5.41, 5.74) is 1.61. The summed E-state index contributed by atoms with van der Waals surface area (Å²) in [7, 11) is 0.